The van der Waals surface area contributed by atoms with Crippen molar-refractivity contribution in [3.8, 4) is 0 Å². The molecule has 1 saturated carbocycles. The van der Waals surface area contributed by atoms with Crippen LogP contribution in [-0.4, -0.2) is 57.3 Å². The van der Waals surface area contributed by atoms with Gasteiger partial charge in [-0.2, -0.15) is 4.31 Å². The zero-order chi connectivity index (χ0) is 15.7. The van der Waals surface area contributed by atoms with Crippen molar-refractivity contribution < 1.29 is 21.6 Å². The fraction of sp³-hybridized carbons (Fsp3) is 0.923. The van der Waals surface area contributed by atoms with Crippen molar-refractivity contribution >= 4 is 25.6 Å². The minimum absolute atomic E-state index is 0.158. The predicted molar refractivity (Wildman–Crippen MR) is 80.2 cm³/mol. The summed E-state index contributed by atoms with van der Waals surface area (Å²) in [6.45, 7) is 0.403. The van der Waals surface area contributed by atoms with Gasteiger partial charge < -0.3 is 0 Å². The Morgan fingerprint density at radius 2 is 1.76 bits per heavy atom. The van der Waals surface area contributed by atoms with Gasteiger partial charge >= 0.3 is 0 Å². The summed E-state index contributed by atoms with van der Waals surface area (Å²) >= 11 is 0. The van der Waals surface area contributed by atoms with Crippen molar-refractivity contribution in [1.29, 1.82) is 0 Å². The molecule has 1 aliphatic carbocycles. The Morgan fingerprint density at radius 3 is 2.33 bits per heavy atom. The van der Waals surface area contributed by atoms with Crippen molar-refractivity contribution in [2.45, 2.75) is 44.6 Å². The molecule has 0 N–H and O–H groups in total. The second-order valence-electron chi connectivity index (χ2n) is 6.08. The fourth-order valence-electron chi connectivity index (χ4n) is 3.30. The Kier molecular flexibility index (Phi) is 5.10. The second kappa shape index (κ2) is 6.34. The zero-order valence-electron chi connectivity index (χ0n) is 12.3. The highest BCUT2D eigenvalue weighted by atomic mass is 32.2. The number of hydrogen-bond donors (Lipinski definition) is 0. The Hall–Kier alpha value is -0.470. The minimum Gasteiger partial charge on any atom is -0.299 e. The Balaban J connectivity index is 2.15. The van der Waals surface area contributed by atoms with Gasteiger partial charge in [0.15, 0.2) is 0 Å². The van der Waals surface area contributed by atoms with Crippen LogP contribution in [0.1, 0.15) is 38.5 Å². The van der Waals surface area contributed by atoms with E-state index in [1.54, 1.807) is 0 Å². The van der Waals surface area contributed by atoms with Crippen LogP contribution in [0.3, 0.4) is 0 Å². The first-order chi connectivity index (χ1) is 9.71. The lowest BCUT2D eigenvalue weighted by atomic mass is 9.90. The van der Waals surface area contributed by atoms with E-state index in [1.165, 1.54) is 4.31 Å². The summed E-state index contributed by atoms with van der Waals surface area (Å²) in [6.07, 6.45) is 5.56. The standard InChI is InChI=1S/C13H23NO5S2/c1-20(16,17)9-10-21(18,19)14-8-3-2-6-12(14)11-5-4-7-13(11)15/h11-12H,2-10H2,1H3. The van der Waals surface area contributed by atoms with Gasteiger partial charge in [0.05, 0.1) is 11.5 Å². The highest BCUT2D eigenvalue weighted by Crippen LogP contribution is 2.34. The molecule has 122 valence electrons. The molecule has 1 aliphatic heterocycles. The van der Waals surface area contributed by atoms with Gasteiger partial charge in [0, 0.05) is 31.2 Å². The monoisotopic (exact) mass is 337 g/mol. The summed E-state index contributed by atoms with van der Waals surface area (Å²) < 4.78 is 48.8. The van der Waals surface area contributed by atoms with E-state index in [1.807, 2.05) is 0 Å². The second-order valence-corrected chi connectivity index (χ2v) is 10.4. The van der Waals surface area contributed by atoms with Gasteiger partial charge in [0.2, 0.25) is 10.0 Å². The lowest BCUT2D eigenvalue weighted by Crippen LogP contribution is -2.49. The molecule has 0 amide bonds. The van der Waals surface area contributed by atoms with E-state index in [9.17, 15) is 21.6 Å². The number of sulfone groups is 1. The molecule has 0 spiro atoms. The van der Waals surface area contributed by atoms with E-state index in [0.717, 1.165) is 31.9 Å². The first-order valence-electron chi connectivity index (χ1n) is 7.41. The summed E-state index contributed by atoms with van der Waals surface area (Å²) in [5, 5.41) is 0. The number of rotatable bonds is 5. The lowest BCUT2D eigenvalue weighted by molar-refractivity contribution is -0.122. The van der Waals surface area contributed by atoms with Gasteiger partial charge in [-0.05, 0) is 25.7 Å². The van der Waals surface area contributed by atoms with Crippen LogP contribution in [0.5, 0.6) is 0 Å². The summed E-state index contributed by atoms with van der Waals surface area (Å²) in [5.41, 5.74) is 0. The maximum absolute atomic E-state index is 12.5. The lowest BCUT2D eigenvalue weighted by Gasteiger charge is -2.37. The number of nitrogens with zero attached hydrogens (tertiary/aromatic N) is 1. The molecule has 0 radical (unpaired) electrons. The summed E-state index contributed by atoms with van der Waals surface area (Å²) in [6, 6.07) is -0.265. The quantitative estimate of drug-likeness (QED) is 0.732. The highest BCUT2D eigenvalue weighted by Gasteiger charge is 2.41. The molecular weight excluding hydrogens is 314 g/mol. The van der Waals surface area contributed by atoms with Gasteiger partial charge in [0.1, 0.15) is 15.6 Å². The molecule has 1 heterocycles. The van der Waals surface area contributed by atoms with Crippen LogP contribution < -0.4 is 0 Å². The van der Waals surface area contributed by atoms with Crippen molar-refractivity contribution in [2.24, 2.45) is 5.92 Å². The van der Waals surface area contributed by atoms with Crippen LogP contribution in [0.2, 0.25) is 0 Å². The number of carbonyl (C=O) groups is 1. The third-order valence-corrected chi connectivity index (χ3v) is 7.48. The molecule has 0 aromatic rings. The Labute approximate surface area is 126 Å². The molecular formula is C13H23NO5S2. The Morgan fingerprint density at radius 1 is 1.05 bits per heavy atom. The first kappa shape index (κ1) is 16.9. The zero-order valence-corrected chi connectivity index (χ0v) is 14.0. The number of piperidine rings is 1. The number of hydrogen-bond acceptors (Lipinski definition) is 5. The number of ketones is 1. The number of carbonyl (C=O) groups excluding carboxylic acids is 1. The van der Waals surface area contributed by atoms with Crippen LogP contribution in [0.25, 0.3) is 0 Å². The summed E-state index contributed by atoms with van der Waals surface area (Å²) in [4.78, 5) is 11.9. The molecule has 21 heavy (non-hydrogen) atoms. The first-order valence-corrected chi connectivity index (χ1v) is 11.1. The number of sulfonamides is 1. The molecule has 2 rings (SSSR count). The SMILES string of the molecule is CS(=O)(=O)CCS(=O)(=O)N1CCCCC1C1CCCC1=O. The van der Waals surface area contributed by atoms with Gasteiger partial charge in [-0.25, -0.2) is 16.8 Å². The molecule has 2 aliphatic rings. The molecule has 0 bridgehead atoms. The minimum atomic E-state index is -3.62. The molecule has 0 aromatic heterocycles. The van der Waals surface area contributed by atoms with E-state index in [-0.39, 0.29) is 29.2 Å². The summed E-state index contributed by atoms with van der Waals surface area (Å²) in [7, 11) is -6.94. The van der Waals surface area contributed by atoms with Crippen molar-refractivity contribution in [2.75, 3.05) is 24.3 Å². The average molecular weight is 337 g/mol. The molecule has 0 aromatic carbocycles. The largest absolute Gasteiger partial charge is 0.299 e. The number of Topliss-reactive ketones (excluding diaryl/α,β-unsaturated/α-hetero) is 1. The van der Waals surface area contributed by atoms with Gasteiger partial charge in [0.25, 0.3) is 0 Å². The maximum atomic E-state index is 12.5. The molecule has 8 heteroatoms. The van der Waals surface area contributed by atoms with Gasteiger partial charge in [-0.15, -0.1) is 0 Å². The van der Waals surface area contributed by atoms with E-state index >= 15 is 0 Å². The van der Waals surface area contributed by atoms with Crippen LogP contribution >= 0.6 is 0 Å². The smallest absolute Gasteiger partial charge is 0.215 e. The van der Waals surface area contributed by atoms with Crippen LogP contribution in [0.4, 0.5) is 0 Å². The van der Waals surface area contributed by atoms with E-state index < -0.39 is 19.9 Å². The normalized spacial score (nSPS) is 28.9. The maximum Gasteiger partial charge on any atom is 0.215 e. The molecule has 2 unspecified atom stereocenters. The fourth-order valence-corrected chi connectivity index (χ4v) is 6.66. The van der Waals surface area contributed by atoms with Crippen molar-refractivity contribution in [3.05, 3.63) is 0 Å². The predicted octanol–water partition coefficient (Wildman–Crippen LogP) is 0.584. The third kappa shape index (κ3) is 4.26. The van der Waals surface area contributed by atoms with E-state index in [4.69, 9.17) is 0 Å². The molecule has 2 atom stereocenters. The van der Waals surface area contributed by atoms with Crippen LogP contribution in [-0.2, 0) is 24.7 Å². The Bertz CT molecular complexity index is 596. The van der Waals surface area contributed by atoms with Crippen LogP contribution in [0.15, 0.2) is 0 Å². The third-order valence-electron chi connectivity index (χ3n) is 4.38. The highest BCUT2D eigenvalue weighted by molar-refractivity contribution is 7.93. The molecule has 1 saturated heterocycles. The van der Waals surface area contributed by atoms with Crippen molar-refractivity contribution in [1.82, 2.24) is 4.31 Å². The van der Waals surface area contributed by atoms with Gasteiger partial charge in [-0.1, -0.05) is 6.42 Å². The average Bonchev–Trinajstić information content (AvgIpc) is 2.82. The summed E-state index contributed by atoms with van der Waals surface area (Å²) in [5.74, 6) is -0.788. The van der Waals surface area contributed by atoms with Crippen molar-refractivity contribution in [3.63, 3.8) is 0 Å². The van der Waals surface area contributed by atoms with E-state index in [2.05, 4.69) is 0 Å². The molecule has 2 fully saturated rings. The topological polar surface area (TPSA) is 88.6 Å². The van der Waals surface area contributed by atoms with Crippen LogP contribution in [0, 0.1) is 5.92 Å². The van der Waals surface area contributed by atoms with Gasteiger partial charge in [-0.3, -0.25) is 4.79 Å². The molecule has 6 nitrogen and oxygen atoms in total. The van der Waals surface area contributed by atoms with E-state index in [0.29, 0.717) is 19.4 Å².